The number of phenols is 3. The number of nitrogens with one attached hydrogen (secondary N) is 1. The summed E-state index contributed by atoms with van der Waals surface area (Å²) in [6.45, 7) is 1.14. The molecule has 1 atom stereocenters. The maximum atomic E-state index is 14.3. The molecule has 2 aromatic rings. The van der Waals surface area contributed by atoms with E-state index < -0.39 is 62.9 Å². The Morgan fingerprint density at radius 3 is 2.21 bits per heavy atom. The molecular weight excluding hydrogens is 405 g/mol. The van der Waals surface area contributed by atoms with Crippen LogP contribution in [0.25, 0.3) is 0 Å². The van der Waals surface area contributed by atoms with E-state index >= 15 is 0 Å². The van der Waals surface area contributed by atoms with E-state index in [1.165, 1.54) is 0 Å². The van der Waals surface area contributed by atoms with Gasteiger partial charge in [-0.15, -0.1) is 0 Å². The average Bonchev–Trinajstić information content (AvgIpc) is 2.60. The highest BCUT2D eigenvalue weighted by Gasteiger charge is 2.31. The molecule has 0 radical (unpaired) electrons. The molecule has 0 amide bonds. The number of carboxylic acids is 1. The van der Waals surface area contributed by atoms with Crippen molar-refractivity contribution < 1.29 is 50.0 Å². The smallest absolute Gasteiger partial charge is 0.337 e. The van der Waals surface area contributed by atoms with Crippen LogP contribution in [0.15, 0.2) is 12.1 Å². The third kappa shape index (κ3) is 3.61. The summed E-state index contributed by atoms with van der Waals surface area (Å²) in [4.78, 5) is 11.2. The third-order valence-corrected chi connectivity index (χ3v) is 4.31. The summed E-state index contributed by atoms with van der Waals surface area (Å²) in [5.41, 5.74) is -2.46. The van der Waals surface area contributed by atoms with Crippen LogP contribution in [0.4, 0.5) is 15.8 Å². The van der Waals surface area contributed by atoms with Crippen molar-refractivity contribution in [3.63, 3.8) is 0 Å². The summed E-state index contributed by atoms with van der Waals surface area (Å²) < 4.78 is 14.3. The molecule has 0 fully saturated rings. The Balaban J connectivity index is 2.75. The van der Waals surface area contributed by atoms with Crippen LogP contribution in [0.3, 0.4) is 0 Å². The number of anilines is 2. The van der Waals surface area contributed by atoms with Gasteiger partial charge in [-0.3, -0.25) is 0 Å². The normalized spacial score (nSPS) is 12.7. The Morgan fingerprint density at radius 1 is 1.14 bits per heavy atom. The van der Waals surface area contributed by atoms with Crippen LogP contribution >= 0.6 is 11.6 Å². The van der Waals surface area contributed by atoms with Gasteiger partial charge in [0, 0.05) is 16.8 Å². The van der Waals surface area contributed by atoms with Gasteiger partial charge in [-0.1, -0.05) is 11.6 Å². The van der Waals surface area contributed by atoms with Crippen molar-refractivity contribution in [1.82, 2.24) is 0 Å². The molecule has 0 spiro atoms. The number of rotatable bonds is 5. The number of carbonyl (C=O) groups is 1. The van der Waals surface area contributed by atoms with Crippen molar-refractivity contribution in [1.29, 1.82) is 0 Å². The van der Waals surface area contributed by atoms with Crippen molar-refractivity contribution in [3.8, 4) is 17.2 Å². The van der Waals surface area contributed by atoms with Gasteiger partial charge in [0.25, 0.3) is 0 Å². The molecule has 1 unspecified atom stereocenters. The minimum atomic E-state index is -3.37. The second-order valence-electron chi connectivity index (χ2n) is 5.75. The van der Waals surface area contributed by atoms with Crippen LogP contribution in [0.5, 0.6) is 17.2 Å². The minimum Gasteiger partial charge on any atom is -0.503 e. The first-order valence-electron chi connectivity index (χ1n) is 7.39. The minimum absolute atomic E-state index is 0.281. The number of aliphatic hydroxyl groups excluding tert-OH is 1. The topological polar surface area (TPSA) is 191 Å². The predicted molar refractivity (Wildman–Crippen MR) is 91.8 cm³/mol. The van der Waals surface area contributed by atoms with E-state index in [2.05, 4.69) is 5.32 Å². The fourth-order valence-corrected chi connectivity index (χ4v) is 2.79. The molecule has 0 saturated carbocycles. The maximum absolute atomic E-state index is 14.3. The lowest BCUT2D eigenvalue weighted by Gasteiger charge is -2.24. The number of phenolic OH excluding ortho intramolecular Hbond substituents is 3. The Kier molecular flexibility index (Phi) is 5.59. The van der Waals surface area contributed by atoms with E-state index in [0.29, 0.717) is 0 Å². The second-order valence-corrected chi connectivity index (χ2v) is 6.13. The molecule has 2 rings (SSSR count). The van der Waals surface area contributed by atoms with E-state index in [-0.39, 0.29) is 11.3 Å². The van der Waals surface area contributed by atoms with Gasteiger partial charge in [0.05, 0.1) is 0 Å². The molecule has 152 valence electrons. The highest BCUT2D eigenvalue weighted by molar-refractivity contribution is 6.35. The summed E-state index contributed by atoms with van der Waals surface area (Å²) in [6, 6.07) is 1.89. The zero-order chi connectivity index (χ0) is 21.5. The number of hydrogen-bond donors (Lipinski definition) is 9. The number of benzene rings is 2. The van der Waals surface area contributed by atoms with Crippen LogP contribution in [0.1, 0.15) is 22.8 Å². The third-order valence-electron chi connectivity index (χ3n) is 3.95. The standard InChI is InChI=1S/C16H15ClFNO9/c1-4-5(16(26,27)28)2-3-6(7(4)11(20)15(24)25)19-10-8(17)12(21)14(23)13(22)9(10)18/h2-3,11,19-23,26-28H,1H3,(H,24,25). The molecule has 12 heteroatoms. The molecule has 0 aliphatic carbocycles. The van der Waals surface area contributed by atoms with E-state index in [4.69, 9.17) is 16.7 Å². The summed E-state index contributed by atoms with van der Waals surface area (Å²) >= 11 is 5.74. The van der Waals surface area contributed by atoms with Gasteiger partial charge in [-0.25, -0.2) is 9.18 Å². The molecule has 0 saturated heterocycles. The summed E-state index contributed by atoms with van der Waals surface area (Å²) in [7, 11) is 0. The summed E-state index contributed by atoms with van der Waals surface area (Å²) in [5.74, 6) is -10.3. The highest BCUT2D eigenvalue weighted by atomic mass is 35.5. The lowest BCUT2D eigenvalue weighted by Crippen LogP contribution is -2.26. The average molecular weight is 420 g/mol. The second kappa shape index (κ2) is 7.30. The predicted octanol–water partition coefficient (Wildman–Crippen LogP) is 0.853. The highest BCUT2D eigenvalue weighted by Crippen LogP contribution is 2.48. The Morgan fingerprint density at radius 2 is 1.71 bits per heavy atom. The molecule has 10 nitrogen and oxygen atoms in total. The van der Waals surface area contributed by atoms with Crippen LogP contribution < -0.4 is 5.32 Å². The maximum Gasteiger partial charge on any atom is 0.337 e. The molecule has 0 bridgehead atoms. The van der Waals surface area contributed by atoms with Crippen molar-refractivity contribution in [2.75, 3.05) is 5.32 Å². The Hall–Kier alpha value is -2.83. The Labute approximate surface area is 160 Å². The monoisotopic (exact) mass is 419 g/mol. The largest absolute Gasteiger partial charge is 0.503 e. The van der Waals surface area contributed by atoms with Gasteiger partial charge in [-0.2, -0.15) is 0 Å². The summed E-state index contributed by atoms with van der Waals surface area (Å²) in [5, 5.41) is 77.2. The van der Waals surface area contributed by atoms with Crippen LogP contribution in [-0.2, 0) is 10.8 Å². The first kappa shape index (κ1) is 21.5. The molecule has 28 heavy (non-hydrogen) atoms. The van der Waals surface area contributed by atoms with E-state index in [1.807, 2.05) is 0 Å². The number of aliphatic carboxylic acids is 1. The van der Waals surface area contributed by atoms with Gasteiger partial charge in [0.1, 0.15) is 10.7 Å². The van der Waals surface area contributed by atoms with Gasteiger partial charge in [-0.05, 0) is 24.6 Å². The molecule has 0 aliphatic rings. The Bertz CT molecular complexity index is 929. The molecule has 0 heterocycles. The number of aromatic hydroxyl groups is 3. The number of halogens is 2. The van der Waals surface area contributed by atoms with Crippen molar-refractivity contribution >= 4 is 28.9 Å². The van der Waals surface area contributed by atoms with Crippen LogP contribution in [0.2, 0.25) is 5.02 Å². The SMILES string of the molecule is Cc1c(C(O)(O)O)ccc(Nc2c(F)c(O)c(O)c(O)c2Cl)c1C(O)C(=O)O. The molecule has 0 aromatic heterocycles. The molecular formula is C16H15ClFNO9. The van der Waals surface area contributed by atoms with Gasteiger partial charge in [0.15, 0.2) is 23.4 Å². The first-order valence-corrected chi connectivity index (χ1v) is 7.77. The molecule has 0 aliphatic heterocycles. The lowest BCUT2D eigenvalue weighted by atomic mass is 9.94. The first-order chi connectivity index (χ1) is 12.8. The zero-order valence-corrected chi connectivity index (χ0v) is 14.7. The van der Waals surface area contributed by atoms with Gasteiger partial charge < -0.3 is 46.2 Å². The molecule has 9 N–H and O–H groups in total. The summed E-state index contributed by atoms with van der Waals surface area (Å²) in [6.07, 6.45) is -2.26. The van der Waals surface area contributed by atoms with E-state index in [1.54, 1.807) is 0 Å². The lowest BCUT2D eigenvalue weighted by molar-refractivity contribution is -0.324. The van der Waals surface area contributed by atoms with Crippen LogP contribution in [0, 0.1) is 12.7 Å². The van der Waals surface area contributed by atoms with E-state index in [9.17, 15) is 44.9 Å². The number of aliphatic hydroxyl groups is 4. The van der Waals surface area contributed by atoms with E-state index in [0.717, 1.165) is 19.1 Å². The van der Waals surface area contributed by atoms with Crippen LogP contribution in [-0.4, -0.2) is 46.8 Å². The number of carboxylic acid groups (broad SMARTS) is 1. The zero-order valence-electron chi connectivity index (χ0n) is 14.0. The van der Waals surface area contributed by atoms with Gasteiger partial charge >= 0.3 is 11.9 Å². The van der Waals surface area contributed by atoms with Gasteiger partial charge in [0.2, 0.25) is 5.75 Å². The van der Waals surface area contributed by atoms with Crippen molar-refractivity contribution in [2.24, 2.45) is 0 Å². The molecule has 2 aromatic carbocycles. The fraction of sp³-hybridized carbons (Fsp3) is 0.188. The van der Waals surface area contributed by atoms with Crippen molar-refractivity contribution in [3.05, 3.63) is 39.7 Å². The quantitative estimate of drug-likeness (QED) is 0.191. The number of hydrogen-bond acceptors (Lipinski definition) is 9. The van der Waals surface area contributed by atoms with Crippen molar-refractivity contribution in [2.45, 2.75) is 19.0 Å². The fourth-order valence-electron chi connectivity index (χ4n) is 2.57.